The van der Waals surface area contributed by atoms with Crippen molar-refractivity contribution in [3.63, 3.8) is 0 Å². The second-order valence-electron chi connectivity index (χ2n) is 4.33. The fraction of sp³-hybridized carbons (Fsp3) is 0.583. The van der Waals surface area contributed by atoms with Gasteiger partial charge in [-0.3, -0.25) is 9.59 Å². The molecular weight excluding hydrogens is 268 g/mol. The van der Waals surface area contributed by atoms with E-state index in [-0.39, 0.29) is 23.3 Å². The van der Waals surface area contributed by atoms with Gasteiger partial charge in [0.05, 0.1) is 17.2 Å². The van der Waals surface area contributed by atoms with Crippen LogP contribution in [0.1, 0.15) is 29.9 Å². The highest BCUT2D eigenvalue weighted by Crippen LogP contribution is 2.22. The average molecular weight is 286 g/mol. The molecule has 1 unspecified atom stereocenters. The lowest BCUT2D eigenvalue weighted by atomic mass is 10.00. The van der Waals surface area contributed by atoms with Crippen molar-refractivity contribution in [1.82, 2.24) is 10.5 Å². The maximum absolute atomic E-state index is 11.5. The van der Waals surface area contributed by atoms with E-state index in [4.69, 9.17) is 9.63 Å². The molecule has 0 aliphatic rings. The summed E-state index contributed by atoms with van der Waals surface area (Å²) < 4.78 is 5.08. The molecule has 0 fully saturated rings. The molecule has 0 aliphatic carbocycles. The number of carbonyl (C=O) groups is 2. The summed E-state index contributed by atoms with van der Waals surface area (Å²) in [7, 11) is 0. The first-order valence-corrected chi connectivity index (χ1v) is 7.06. The third-order valence-electron chi connectivity index (χ3n) is 2.65. The zero-order valence-electron chi connectivity index (χ0n) is 11.2. The summed E-state index contributed by atoms with van der Waals surface area (Å²) in [6.07, 6.45) is 0. The van der Waals surface area contributed by atoms with Crippen LogP contribution in [0.4, 0.5) is 0 Å². The third kappa shape index (κ3) is 4.94. The molecule has 0 radical (unpaired) electrons. The van der Waals surface area contributed by atoms with Gasteiger partial charge in [-0.2, -0.15) is 0 Å². The van der Waals surface area contributed by atoms with Gasteiger partial charge >= 0.3 is 5.97 Å². The van der Waals surface area contributed by atoms with E-state index in [9.17, 15) is 9.59 Å². The number of carbonyl (C=O) groups excluding carboxylic acids is 1. The van der Waals surface area contributed by atoms with Crippen molar-refractivity contribution in [2.45, 2.75) is 26.7 Å². The molecule has 1 amide bonds. The summed E-state index contributed by atoms with van der Waals surface area (Å²) in [6.45, 7) is 6.18. The van der Waals surface area contributed by atoms with E-state index in [1.165, 1.54) is 0 Å². The normalized spacial score (nSPS) is 12.2. The van der Waals surface area contributed by atoms with Crippen molar-refractivity contribution in [3.8, 4) is 0 Å². The van der Waals surface area contributed by atoms with Gasteiger partial charge in [0.25, 0.3) is 0 Å². The van der Waals surface area contributed by atoms with E-state index in [0.717, 1.165) is 28.8 Å². The number of nitrogens with one attached hydrogen (secondary N) is 1. The number of rotatable bonds is 7. The Hall–Kier alpha value is -1.50. The van der Waals surface area contributed by atoms with Crippen molar-refractivity contribution in [2.24, 2.45) is 0 Å². The number of amides is 1. The molecule has 0 aliphatic heterocycles. The van der Waals surface area contributed by atoms with Gasteiger partial charge in [-0.15, -0.1) is 11.8 Å². The van der Waals surface area contributed by atoms with E-state index >= 15 is 0 Å². The number of hydrogen-bond donors (Lipinski definition) is 2. The van der Waals surface area contributed by atoms with Crippen LogP contribution in [0.25, 0.3) is 0 Å². The average Bonchev–Trinajstić information content (AvgIpc) is 2.65. The first-order valence-electron chi connectivity index (χ1n) is 5.90. The quantitative estimate of drug-likeness (QED) is 0.785. The summed E-state index contributed by atoms with van der Waals surface area (Å²) in [4.78, 5) is 21.8. The minimum absolute atomic E-state index is 0.0627. The molecular formula is C12H18N2O4S. The molecule has 7 heteroatoms. The minimum atomic E-state index is -0.915. The van der Waals surface area contributed by atoms with Gasteiger partial charge in [0, 0.05) is 18.0 Å². The molecule has 19 heavy (non-hydrogen) atoms. The number of nitrogens with zero attached hydrogens (tertiary/aromatic N) is 1. The van der Waals surface area contributed by atoms with E-state index in [0.29, 0.717) is 6.54 Å². The zero-order valence-corrected chi connectivity index (χ0v) is 12.0. The Balaban J connectivity index is 2.36. The van der Waals surface area contributed by atoms with E-state index in [2.05, 4.69) is 10.5 Å². The molecule has 0 saturated heterocycles. The predicted octanol–water partition coefficient (Wildman–Crippen LogP) is 1.33. The monoisotopic (exact) mass is 286 g/mol. The van der Waals surface area contributed by atoms with Crippen LogP contribution in [-0.4, -0.2) is 40.2 Å². The van der Waals surface area contributed by atoms with E-state index in [1.807, 2.05) is 20.8 Å². The number of aliphatic carboxylic acids is 1. The lowest BCUT2D eigenvalue weighted by molar-refractivity contribution is -0.133. The molecule has 1 aromatic heterocycles. The molecule has 6 nitrogen and oxygen atoms in total. The van der Waals surface area contributed by atoms with Gasteiger partial charge in [0.2, 0.25) is 5.91 Å². The molecule has 0 aromatic carbocycles. The van der Waals surface area contributed by atoms with Crippen LogP contribution in [0.3, 0.4) is 0 Å². The zero-order chi connectivity index (χ0) is 14.4. The molecule has 1 aromatic rings. The summed E-state index contributed by atoms with van der Waals surface area (Å²) >= 11 is 1.08. The van der Waals surface area contributed by atoms with Crippen molar-refractivity contribution < 1.29 is 19.2 Å². The highest BCUT2D eigenvalue weighted by Gasteiger charge is 2.17. The minimum Gasteiger partial charge on any atom is -0.481 e. The van der Waals surface area contributed by atoms with Gasteiger partial charge in [-0.25, -0.2) is 0 Å². The lowest BCUT2D eigenvalue weighted by Crippen LogP contribution is -2.29. The number of carboxylic acids is 1. The first-order chi connectivity index (χ1) is 8.91. The van der Waals surface area contributed by atoms with Crippen LogP contribution < -0.4 is 5.32 Å². The van der Waals surface area contributed by atoms with Crippen LogP contribution >= 0.6 is 11.8 Å². The highest BCUT2D eigenvalue weighted by atomic mass is 32.2. The third-order valence-corrected chi connectivity index (χ3v) is 3.56. The van der Waals surface area contributed by atoms with Crippen molar-refractivity contribution >= 4 is 23.6 Å². The maximum atomic E-state index is 11.5. The second-order valence-corrected chi connectivity index (χ2v) is 5.32. The van der Waals surface area contributed by atoms with E-state index < -0.39 is 5.97 Å². The van der Waals surface area contributed by atoms with E-state index in [1.54, 1.807) is 0 Å². The molecule has 1 atom stereocenters. The summed E-state index contributed by atoms with van der Waals surface area (Å²) in [6, 6.07) is 0. The summed E-state index contributed by atoms with van der Waals surface area (Å²) in [5.41, 5.74) is 1.85. The molecule has 106 valence electrons. The number of thioether (sulfide) groups is 1. The number of aryl methyl sites for hydroxylation is 2. The maximum Gasteiger partial charge on any atom is 0.313 e. The van der Waals surface area contributed by atoms with Crippen LogP contribution in [0.2, 0.25) is 0 Å². The Bertz CT molecular complexity index is 439. The molecule has 2 N–H and O–H groups in total. The van der Waals surface area contributed by atoms with Crippen LogP contribution in [0.5, 0.6) is 0 Å². The van der Waals surface area contributed by atoms with Gasteiger partial charge in [0.15, 0.2) is 0 Å². The fourth-order valence-corrected chi connectivity index (χ4v) is 2.41. The smallest absolute Gasteiger partial charge is 0.313 e. The standard InChI is InChI=1S/C12H18N2O4S/c1-7(12-8(2)14-18-9(12)3)4-13-10(15)5-19-6-11(16)17/h7H,4-6H2,1-3H3,(H,13,15)(H,16,17). The fourth-order valence-electron chi connectivity index (χ4n) is 1.84. The molecule has 0 bridgehead atoms. The lowest BCUT2D eigenvalue weighted by Gasteiger charge is -2.12. The highest BCUT2D eigenvalue weighted by molar-refractivity contribution is 8.00. The Labute approximate surface area is 115 Å². The molecule has 0 saturated carbocycles. The first kappa shape index (κ1) is 15.6. The van der Waals surface area contributed by atoms with Crippen LogP contribution in [0, 0.1) is 13.8 Å². The number of hydrogen-bond acceptors (Lipinski definition) is 5. The summed E-state index contributed by atoms with van der Waals surface area (Å²) in [5, 5.41) is 15.1. The van der Waals surface area contributed by atoms with Crippen molar-refractivity contribution in [3.05, 3.63) is 17.0 Å². The Morgan fingerprint density at radius 3 is 2.63 bits per heavy atom. The molecule has 0 spiro atoms. The molecule has 1 heterocycles. The number of carboxylic acid groups (broad SMARTS) is 1. The van der Waals surface area contributed by atoms with Crippen molar-refractivity contribution in [1.29, 1.82) is 0 Å². The number of aromatic nitrogens is 1. The Morgan fingerprint density at radius 1 is 1.42 bits per heavy atom. The SMILES string of the molecule is Cc1noc(C)c1C(C)CNC(=O)CSCC(=O)O. The second kappa shape index (κ2) is 7.18. The van der Waals surface area contributed by atoms with Crippen LogP contribution in [0.15, 0.2) is 4.52 Å². The van der Waals surface area contributed by atoms with Gasteiger partial charge in [-0.1, -0.05) is 12.1 Å². The Morgan fingerprint density at radius 2 is 2.11 bits per heavy atom. The van der Waals surface area contributed by atoms with Gasteiger partial charge < -0.3 is 14.9 Å². The largest absolute Gasteiger partial charge is 0.481 e. The van der Waals surface area contributed by atoms with Crippen molar-refractivity contribution in [2.75, 3.05) is 18.1 Å². The Kier molecular flexibility index (Phi) is 5.88. The summed E-state index contributed by atoms with van der Waals surface area (Å²) in [5.74, 6) is -0.112. The topological polar surface area (TPSA) is 92.4 Å². The molecule has 1 rings (SSSR count). The van der Waals surface area contributed by atoms with Gasteiger partial charge in [0.1, 0.15) is 5.76 Å². The predicted molar refractivity (Wildman–Crippen MR) is 72.4 cm³/mol. The van der Waals surface area contributed by atoms with Gasteiger partial charge in [-0.05, 0) is 13.8 Å². The van der Waals surface area contributed by atoms with Crippen LogP contribution in [-0.2, 0) is 9.59 Å².